The molecule has 1 aliphatic heterocycles. The van der Waals surface area contributed by atoms with Gasteiger partial charge < -0.3 is 19.5 Å². The van der Waals surface area contributed by atoms with Crippen molar-refractivity contribution in [3.8, 4) is 11.5 Å². The number of hydrogen-bond donors (Lipinski definition) is 1. The molecule has 4 rings (SSSR count). The van der Waals surface area contributed by atoms with Gasteiger partial charge in [-0.05, 0) is 48.4 Å². The van der Waals surface area contributed by atoms with Crippen molar-refractivity contribution in [3.63, 3.8) is 0 Å². The number of aromatic nitrogens is 2. The zero-order chi connectivity index (χ0) is 24.8. The Kier molecular flexibility index (Phi) is 7.21. The van der Waals surface area contributed by atoms with Crippen LogP contribution in [0.4, 0.5) is 0 Å². The second kappa shape index (κ2) is 10.6. The van der Waals surface area contributed by atoms with E-state index < -0.39 is 17.7 Å². The summed E-state index contributed by atoms with van der Waals surface area (Å²) in [7, 11) is 0. The van der Waals surface area contributed by atoms with Crippen molar-refractivity contribution in [3.05, 3.63) is 102 Å². The van der Waals surface area contributed by atoms with Crippen molar-refractivity contribution in [2.45, 2.75) is 19.5 Å². The van der Waals surface area contributed by atoms with E-state index in [4.69, 9.17) is 9.47 Å². The summed E-state index contributed by atoms with van der Waals surface area (Å²) in [6.07, 6.45) is 7.91. The van der Waals surface area contributed by atoms with E-state index in [1.165, 1.54) is 17.3 Å². The molecule has 0 bridgehead atoms. The molecule has 1 unspecified atom stereocenters. The second-order valence-corrected chi connectivity index (χ2v) is 7.76. The second-order valence-electron chi connectivity index (χ2n) is 7.76. The minimum Gasteiger partial charge on any atom is -0.507 e. The maximum atomic E-state index is 13.2. The quantitative estimate of drug-likeness (QED) is 0.217. The highest BCUT2D eigenvalue weighted by molar-refractivity contribution is 6.46. The third-order valence-corrected chi connectivity index (χ3v) is 5.51. The molecule has 178 valence electrons. The molecule has 0 radical (unpaired) electrons. The van der Waals surface area contributed by atoms with E-state index >= 15 is 0 Å². The fourth-order valence-corrected chi connectivity index (χ4v) is 3.97. The van der Waals surface area contributed by atoms with Gasteiger partial charge in [0.1, 0.15) is 12.4 Å². The summed E-state index contributed by atoms with van der Waals surface area (Å²) in [4.78, 5) is 35.9. The molecule has 1 N–H and O–H groups in total. The van der Waals surface area contributed by atoms with E-state index in [-0.39, 0.29) is 17.9 Å². The zero-order valence-corrected chi connectivity index (χ0v) is 19.3. The Labute approximate surface area is 203 Å². The molecule has 0 saturated carbocycles. The molecule has 0 aliphatic carbocycles. The number of amides is 1. The highest BCUT2D eigenvalue weighted by Gasteiger charge is 2.46. The van der Waals surface area contributed by atoms with Crippen LogP contribution in [0.15, 0.2) is 85.5 Å². The number of ketones is 1. The molecule has 2 aromatic heterocycles. The molecule has 1 saturated heterocycles. The van der Waals surface area contributed by atoms with Crippen molar-refractivity contribution in [1.82, 2.24) is 14.9 Å². The highest BCUT2D eigenvalue weighted by Crippen LogP contribution is 2.42. The molecule has 3 heterocycles. The molecular formula is C27H25N3O5. The van der Waals surface area contributed by atoms with Gasteiger partial charge in [0, 0.05) is 36.9 Å². The lowest BCUT2D eigenvalue weighted by Crippen LogP contribution is -2.29. The molecule has 8 heteroatoms. The maximum Gasteiger partial charge on any atom is 0.295 e. The number of rotatable bonds is 9. The van der Waals surface area contributed by atoms with Gasteiger partial charge in [0.25, 0.3) is 11.7 Å². The summed E-state index contributed by atoms with van der Waals surface area (Å²) in [5, 5.41) is 11.1. The van der Waals surface area contributed by atoms with E-state index in [2.05, 4.69) is 16.5 Å². The summed E-state index contributed by atoms with van der Waals surface area (Å²) < 4.78 is 11.5. The number of ether oxygens (including phenoxy) is 2. The van der Waals surface area contributed by atoms with Crippen LogP contribution in [0.5, 0.6) is 11.5 Å². The first kappa shape index (κ1) is 23.7. The number of aliphatic hydroxyl groups is 1. The zero-order valence-electron chi connectivity index (χ0n) is 19.3. The highest BCUT2D eigenvalue weighted by atomic mass is 16.5. The molecule has 1 fully saturated rings. The Balaban J connectivity index is 1.86. The fraction of sp³-hybridized carbons (Fsp3) is 0.185. The third-order valence-electron chi connectivity index (χ3n) is 5.51. The van der Waals surface area contributed by atoms with E-state index in [9.17, 15) is 14.7 Å². The number of aliphatic hydroxyl groups excluding tert-OH is 1. The van der Waals surface area contributed by atoms with E-state index in [1.807, 2.05) is 13.0 Å². The minimum atomic E-state index is -0.851. The average molecular weight is 472 g/mol. The van der Waals surface area contributed by atoms with Crippen molar-refractivity contribution in [2.24, 2.45) is 0 Å². The van der Waals surface area contributed by atoms with E-state index in [0.29, 0.717) is 35.8 Å². The molecule has 1 aliphatic rings. The molecule has 1 aromatic carbocycles. The first-order chi connectivity index (χ1) is 17.0. The van der Waals surface area contributed by atoms with Crippen LogP contribution >= 0.6 is 0 Å². The topological polar surface area (TPSA) is 102 Å². The molecule has 3 aromatic rings. The lowest BCUT2D eigenvalue weighted by atomic mass is 9.95. The minimum absolute atomic E-state index is 0.00713. The standard InChI is InChI=1S/C27H25N3O5/c1-3-14-35-21-8-7-20(15-22(21)34-4-2)24-23(25(31)19-9-12-28-13-10-19)26(32)27(33)30(24)17-18-6-5-11-29-16-18/h3,5-13,15-16,24,31H,1,4,14,17H2,2H3/b25-23+. The van der Waals surface area contributed by atoms with E-state index in [1.54, 1.807) is 54.9 Å². The lowest BCUT2D eigenvalue weighted by Gasteiger charge is -2.26. The van der Waals surface area contributed by atoms with Crippen LogP contribution in [-0.2, 0) is 16.1 Å². The predicted molar refractivity (Wildman–Crippen MR) is 130 cm³/mol. The molecule has 8 nitrogen and oxygen atoms in total. The van der Waals surface area contributed by atoms with Gasteiger partial charge in [-0.2, -0.15) is 0 Å². The number of benzene rings is 1. The van der Waals surface area contributed by atoms with Crippen molar-refractivity contribution in [2.75, 3.05) is 13.2 Å². The van der Waals surface area contributed by atoms with Crippen molar-refractivity contribution >= 4 is 17.4 Å². The molecule has 1 atom stereocenters. The smallest absolute Gasteiger partial charge is 0.295 e. The number of carbonyl (C=O) groups excluding carboxylic acids is 2. The summed E-state index contributed by atoms with van der Waals surface area (Å²) >= 11 is 0. The Bertz CT molecular complexity index is 1260. The molecule has 1 amide bonds. The molecule has 35 heavy (non-hydrogen) atoms. The molecular weight excluding hydrogens is 446 g/mol. The van der Waals surface area contributed by atoms with Gasteiger partial charge in [0.15, 0.2) is 11.5 Å². The van der Waals surface area contributed by atoms with Crippen LogP contribution in [0, 0.1) is 0 Å². The number of Topliss-reactive ketones (excluding diaryl/α,β-unsaturated/α-hetero) is 1. The summed E-state index contributed by atoms with van der Waals surface area (Å²) in [5.74, 6) is -0.775. The van der Waals surface area contributed by atoms with Crippen LogP contribution in [0.25, 0.3) is 5.76 Å². The van der Waals surface area contributed by atoms with Gasteiger partial charge in [-0.1, -0.05) is 24.8 Å². The van der Waals surface area contributed by atoms with Gasteiger partial charge in [-0.15, -0.1) is 0 Å². The number of likely N-dealkylation sites (tertiary alicyclic amines) is 1. The van der Waals surface area contributed by atoms with Gasteiger partial charge >= 0.3 is 0 Å². The van der Waals surface area contributed by atoms with Crippen LogP contribution in [0.1, 0.15) is 29.7 Å². The first-order valence-electron chi connectivity index (χ1n) is 11.1. The van der Waals surface area contributed by atoms with Gasteiger partial charge in [0.2, 0.25) is 0 Å². The van der Waals surface area contributed by atoms with Crippen LogP contribution in [0.2, 0.25) is 0 Å². The number of carbonyl (C=O) groups is 2. The van der Waals surface area contributed by atoms with Gasteiger partial charge in [-0.3, -0.25) is 19.6 Å². The van der Waals surface area contributed by atoms with E-state index in [0.717, 1.165) is 5.56 Å². The van der Waals surface area contributed by atoms with Crippen LogP contribution in [0.3, 0.4) is 0 Å². The van der Waals surface area contributed by atoms with Crippen molar-refractivity contribution in [1.29, 1.82) is 0 Å². The Morgan fingerprint density at radius 3 is 2.57 bits per heavy atom. The number of nitrogens with zero attached hydrogens (tertiary/aromatic N) is 3. The summed E-state index contributed by atoms with van der Waals surface area (Å²) in [5.41, 5.74) is 1.73. The average Bonchev–Trinajstić information content (AvgIpc) is 3.13. The Hall–Kier alpha value is -4.46. The first-order valence-corrected chi connectivity index (χ1v) is 11.1. The maximum absolute atomic E-state index is 13.2. The number of pyridine rings is 2. The van der Waals surface area contributed by atoms with Crippen LogP contribution in [-0.4, -0.2) is 44.9 Å². The number of hydrogen-bond acceptors (Lipinski definition) is 7. The third kappa shape index (κ3) is 4.91. The molecule has 0 spiro atoms. The predicted octanol–water partition coefficient (Wildman–Crippen LogP) is 4.06. The van der Waals surface area contributed by atoms with Gasteiger partial charge in [-0.25, -0.2) is 0 Å². The SMILES string of the molecule is C=CCOc1ccc(C2/C(=C(\O)c3ccncc3)C(=O)C(=O)N2Cc2cccnc2)cc1OCC. The normalized spacial score (nSPS) is 16.8. The monoisotopic (exact) mass is 471 g/mol. The summed E-state index contributed by atoms with van der Waals surface area (Å²) in [6.45, 7) is 6.33. The van der Waals surface area contributed by atoms with Crippen molar-refractivity contribution < 1.29 is 24.2 Å². The Morgan fingerprint density at radius 1 is 1.09 bits per heavy atom. The summed E-state index contributed by atoms with van der Waals surface area (Å²) in [6, 6.07) is 11.1. The Morgan fingerprint density at radius 2 is 1.89 bits per heavy atom. The van der Waals surface area contributed by atoms with Crippen LogP contribution < -0.4 is 9.47 Å². The van der Waals surface area contributed by atoms with Gasteiger partial charge in [0.05, 0.1) is 18.2 Å². The fourth-order valence-electron chi connectivity index (χ4n) is 3.97. The lowest BCUT2D eigenvalue weighted by molar-refractivity contribution is -0.140. The largest absolute Gasteiger partial charge is 0.507 e.